The molecule has 3 rings (SSSR count). The van der Waals surface area contributed by atoms with Crippen LogP contribution < -0.4 is 0 Å². The predicted octanol–water partition coefficient (Wildman–Crippen LogP) is 1.20. The number of rotatable bonds is 5. The SMILES string of the molecule is CC(C)c1nnc2n1CCN(S(=O)(=O)CCN1CCCC1)C2C. The first-order chi connectivity index (χ1) is 10.9. The molecule has 0 aliphatic carbocycles. The van der Waals surface area contributed by atoms with Crippen molar-refractivity contribution in [1.29, 1.82) is 0 Å². The van der Waals surface area contributed by atoms with E-state index in [0.717, 1.165) is 24.7 Å². The molecule has 2 aliphatic rings. The summed E-state index contributed by atoms with van der Waals surface area (Å²) in [5, 5.41) is 8.51. The smallest absolute Gasteiger partial charge is 0.216 e. The van der Waals surface area contributed by atoms with Gasteiger partial charge >= 0.3 is 0 Å². The van der Waals surface area contributed by atoms with Gasteiger partial charge < -0.3 is 9.47 Å². The second-order valence-corrected chi connectivity index (χ2v) is 8.92. The first-order valence-electron chi connectivity index (χ1n) is 8.55. The fourth-order valence-corrected chi connectivity index (χ4v) is 5.22. The van der Waals surface area contributed by atoms with Crippen molar-refractivity contribution in [2.45, 2.75) is 52.1 Å². The van der Waals surface area contributed by atoms with Crippen LogP contribution in [0.4, 0.5) is 0 Å². The van der Waals surface area contributed by atoms with E-state index < -0.39 is 10.0 Å². The molecule has 1 fully saturated rings. The van der Waals surface area contributed by atoms with Gasteiger partial charge in [-0.2, -0.15) is 4.31 Å². The molecule has 0 amide bonds. The Bertz CT molecular complexity index is 649. The molecule has 0 N–H and O–H groups in total. The highest BCUT2D eigenvalue weighted by Crippen LogP contribution is 2.29. The van der Waals surface area contributed by atoms with Gasteiger partial charge in [0.1, 0.15) is 5.82 Å². The highest BCUT2D eigenvalue weighted by atomic mass is 32.2. The molecule has 2 aliphatic heterocycles. The van der Waals surface area contributed by atoms with Gasteiger partial charge in [0.15, 0.2) is 5.82 Å². The summed E-state index contributed by atoms with van der Waals surface area (Å²) in [5.74, 6) is 2.20. The molecule has 0 aromatic carbocycles. The van der Waals surface area contributed by atoms with Gasteiger partial charge in [-0.3, -0.25) is 0 Å². The van der Waals surface area contributed by atoms with Crippen LogP contribution in [0.5, 0.6) is 0 Å². The van der Waals surface area contributed by atoms with Crippen LogP contribution in [-0.2, 0) is 16.6 Å². The zero-order valence-corrected chi connectivity index (χ0v) is 15.1. The quantitative estimate of drug-likeness (QED) is 0.805. The number of fused-ring (bicyclic) bond motifs is 1. The second-order valence-electron chi connectivity index (χ2n) is 6.87. The summed E-state index contributed by atoms with van der Waals surface area (Å²) in [7, 11) is -3.26. The third kappa shape index (κ3) is 3.29. The van der Waals surface area contributed by atoms with E-state index in [9.17, 15) is 8.42 Å². The number of hydrogen-bond donors (Lipinski definition) is 0. The average Bonchev–Trinajstić information content (AvgIpc) is 3.15. The van der Waals surface area contributed by atoms with E-state index in [4.69, 9.17) is 0 Å². The molecular weight excluding hydrogens is 314 g/mol. The predicted molar refractivity (Wildman–Crippen MR) is 88.7 cm³/mol. The minimum atomic E-state index is -3.26. The zero-order valence-electron chi connectivity index (χ0n) is 14.3. The lowest BCUT2D eigenvalue weighted by molar-refractivity contribution is 0.269. The number of likely N-dealkylation sites (tertiary alicyclic amines) is 1. The van der Waals surface area contributed by atoms with Crippen LogP contribution in [0, 0.1) is 0 Å². The highest BCUT2D eigenvalue weighted by molar-refractivity contribution is 7.89. The zero-order chi connectivity index (χ0) is 16.6. The van der Waals surface area contributed by atoms with Crippen molar-refractivity contribution < 1.29 is 8.42 Å². The van der Waals surface area contributed by atoms with Gasteiger partial charge in [-0.15, -0.1) is 10.2 Å². The highest BCUT2D eigenvalue weighted by Gasteiger charge is 2.35. The summed E-state index contributed by atoms with van der Waals surface area (Å²) in [6.07, 6.45) is 2.36. The molecular formula is C15H27N5O2S. The summed E-state index contributed by atoms with van der Waals surface area (Å²) >= 11 is 0. The lowest BCUT2D eigenvalue weighted by Gasteiger charge is -2.33. The Morgan fingerprint density at radius 3 is 2.48 bits per heavy atom. The molecule has 8 heteroatoms. The summed E-state index contributed by atoms with van der Waals surface area (Å²) in [6.45, 7) is 9.92. The van der Waals surface area contributed by atoms with Gasteiger partial charge in [0.05, 0.1) is 11.8 Å². The third-order valence-corrected chi connectivity index (χ3v) is 6.81. The molecule has 23 heavy (non-hydrogen) atoms. The maximum Gasteiger partial charge on any atom is 0.216 e. The standard InChI is InChI=1S/C15H27N5O2S/c1-12(2)14-16-17-15-13(3)20(9-8-19(14)15)23(21,22)11-10-18-6-4-5-7-18/h12-13H,4-11H2,1-3H3. The van der Waals surface area contributed by atoms with Crippen molar-refractivity contribution in [3.8, 4) is 0 Å². The Labute approximate surface area is 138 Å². The largest absolute Gasteiger partial charge is 0.312 e. The monoisotopic (exact) mass is 341 g/mol. The average molecular weight is 341 g/mol. The van der Waals surface area contributed by atoms with E-state index in [1.54, 1.807) is 4.31 Å². The van der Waals surface area contributed by atoms with Crippen LogP contribution in [0.3, 0.4) is 0 Å². The van der Waals surface area contributed by atoms with Gasteiger partial charge in [-0.05, 0) is 32.9 Å². The maximum atomic E-state index is 12.7. The van der Waals surface area contributed by atoms with Gasteiger partial charge in [0.25, 0.3) is 0 Å². The Morgan fingerprint density at radius 1 is 1.13 bits per heavy atom. The van der Waals surface area contributed by atoms with Crippen LogP contribution >= 0.6 is 0 Å². The molecule has 1 saturated heterocycles. The van der Waals surface area contributed by atoms with Gasteiger partial charge in [0, 0.05) is 25.6 Å². The third-order valence-electron chi connectivity index (χ3n) is 4.90. The van der Waals surface area contributed by atoms with Crippen LogP contribution in [0.25, 0.3) is 0 Å². The lowest BCUT2D eigenvalue weighted by atomic mass is 10.2. The molecule has 0 spiro atoms. The molecule has 1 aromatic heterocycles. The minimum absolute atomic E-state index is 0.197. The van der Waals surface area contributed by atoms with E-state index >= 15 is 0 Å². The van der Waals surface area contributed by atoms with E-state index in [2.05, 4.69) is 33.5 Å². The first-order valence-corrected chi connectivity index (χ1v) is 10.2. The molecule has 0 saturated carbocycles. The molecule has 1 unspecified atom stereocenters. The molecule has 0 bridgehead atoms. The van der Waals surface area contributed by atoms with Crippen molar-refractivity contribution in [1.82, 2.24) is 24.0 Å². The van der Waals surface area contributed by atoms with Crippen molar-refractivity contribution in [3.05, 3.63) is 11.6 Å². The van der Waals surface area contributed by atoms with E-state index in [-0.39, 0.29) is 11.8 Å². The van der Waals surface area contributed by atoms with Crippen molar-refractivity contribution in [3.63, 3.8) is 0 Å². The molecule has 3 heterocycles. The number of aromatic nitrogens is 3. The Balaban J connectivity index is 1.73. The van der Waals surface area contributed by atoms with Gasteiger partial charge in [-0.25, -0.2) is 8.42 Å². The Hall–Kier alpha value is -0.990. The fraction of sp³-hybridized carbons (Fsp3) is 0.867. The van der Waals surface area contributed by atoms with Crippen molar-refractivity contribution >= 4 is 10.0 Å². The van der Waals surface area contributed by atoms with Crippen molar-refractivity contribution in [2.75, 3.05) is 31.9 Å². The minimum Gasteiger partial charge on any atom is -0.312 e. The number of sulfonamides is 1. The Morgan fingerprint density at radius 2 is 1.83 bits per heavy atom. The summed E-state index contributed by atoms with van der Waals surface area (Å²) in [5.41, 5.74) is 0. The lowest BCUT2D eigenvalue weighted by Crippen LogP contribution is -2.44. The van der Waals surface area contributed by atoms with E-state index in [1.165, 1.54) is 12.8 Å². The van der Waals surface area contributed by atoms with E-state index in [0.29, 0.717) is 25.6 Å². The maximum absolute atomic E-state index is 12.7. The Kier molecular flexibility index (Phi) is 4.75. The summed E-state index contributed by atoms with van der Waals surface area (Å²) < 4.78 is 29.2. The molecule has 7 nitrogen and oxygen atoms in total. The normalized spacial score (nSPS) is 23.6. The fourth-order valence-electron chi connectivity index (χ4n) is 3.56. The molecule has 1 aromatic rings. The van der Waals surface area contributed by atoms with Crippen molar-refractivity contribution in [2.24, 2.45) is 0 Å². The van der Waals surface area contributed by atoms with Crippen LogP contribution in [0.15, 0.2) is 0 Å². The van der Waals surface area contributed by atoms with Crippen LogP contribution in [0.1, 0.15) is 57.2 Å². The van der Waals surface area contributed by atoms with Crippen LogP contribution in [-0.4, -0.2) is 64.3 Å². The topological polar surface area (TPSA) is 71.3 Å². The second kappa shape index (κ2) is 6.49. The molecule has 0 radical (unpaired) electrons. The van der Waals surface area contributed by atoms with Crippen LogP contribution in [0.2, 0.25) is 0 Å². The van der Waals surface area contributed by atoms with Gasteiger partial charge in [-0.1, -0.05) is 13.8 Å². The van der Waals surface area contributed by atoms with Gasteiger partial charge in [0.2, 0.25) is 10.0 Å². The molecule has 1 atom stereocenters. The first kappa shape index (κ1) is 16.9. The van der Waals surface area contributed by atoms with E-state index in [1.807, 2.05) is 6.92 Å². The summed E-state index contributed by atoms with van der Waals surface area (Å²) in [6, 6.07) is -0.243. The summed E-state index contributed by atoms with van der Waals surface area (Å²) in [4.78, 5) is 2.24. The number of nitrogens with zero attached hydrogens (tertiary/aromatic N) is 5. The number of hydrogen-bond acceptors (Lipinski definition) is 5. The molecule has 130 valence electrons.